The van der Waals surface area contributed by atoms with E-state index in [2.05, 4.69) is 5.32 Å². The largest absolute Gasteiger partial charge is 0.383 e. The van der Waals surface area contributed by atoms with Gasteiger partial charge in [-0.1, -0.05) is 39.0 Å². The molecule has 0 aliphatic rings. The number of amides is 2. The number of ether oxygens (including phenoxy) is 1. The van der Waals surface area contributed by atoms with Crippen molar-refractivity contribution in [1.82, 2.24) is 4.90 Å². The molecule has 0 unspecified atom stereocenters. The fourth-order valence-electron chi connectivity index (χ4n) is 3.05. The van der Waals surface area contributed by atoms with Gasteiger partial charge < -0.3 is 19.1 Å². The molecular weight excluding hydrogens is 444 g/mol. The maximum Gasteiger partial charge on any atom is 0.339 e. The summed E-state index contributed by atoms with van der Waals surface area (Å²) >= 11 is 0. The Morgan fingerprint density at radius 3 is 2.24 bits per heavy atom. The highest BCUT2D eigenvalue weighted by Gasteiger charge is 2.24. The van der Waals surface area contributed by atoms with E-state index in [-0.39, 0.29) is 34.4 Å². The minimum atomic E-state index is -4.12. The zero-order valence-electron chi connectivity index (χ0n) is 19.8. The first-order valence-electron chi connectivity index (χ1n) is 10.6. The Balaban J connectivity index is 2.25. The van der Waals surface area contributed by atoms with Crippen LogP contribution in [-0.2, 0) is 31.0 Å². The van der Waals surface area contributed by atoms with Crippen LogP contribution in [0.1, 0.15) is 39.7 Å². The van der Waals surface area contributed by atoms with Crippen LogP contribution in [0, 0.1) is 5.41 Å². The lowest BCUT2D eigenvalue weighted by atomic mass is 9.91. The second-order valence-electron chi connectivity index (χ2n) is 8.90. The first kappa shape index (κ1) is 26.3. The van der Waals surface area contributed by atoms with E-state index in [1.54, 1.807) is 36.3 Å². The maximum absolute atomic E-state index is 12.9. The van der Waals surface area contributed by atoms with Gasteiger partial charge >= 0.3 is 10.1 Å². The Labute approximate surface area is 196 Å². The molecule has 8 nitrogen and oxygen atoms in total. The molecule has 0 aliphatic heterocycles. The SMILES string of the molecule is COCCN(Cc1ccccc1OS(=O)(=O)c1ccc(NC(C)=O)cc1)C(=O)CC(C)(C)C. The standard InChI is InChI=1S/C24H32N2O6S/c1-18(27)25-20-10-12-21(13-11-20)33(29,30)32-22-9-7-6-8-19(22)17-26(14-15-31-5)23(28)16-24(2,3)4/h6-13H,14-17H2,1-5H3,(H,25,27). The number of benzene rings is 2. The van der Waals surface area contributed by atoms with E-state index in [0.717, 1.165) is 0 Å². The summed E-state index contributed by atoms with van der Waals surface area (Å²) in [5.41, 5.74) is 0.854. The van der Waals surface area contributed by atoms with E-state index in [9.17, 15) is 18.0 Å². The second kappa shape index (κ2) is 11.3. The van der Waals surface area contributed by atoms with Crippen LogP contribution in [0.4, 0.5) is 5.69 Å². The second-order valence-corrected chi connectivity index (χ2v) is 10.4. The molecule has 180 valence electrons. The number of nitrogens with one attached hydrogen (secondary N) is 1. The Bertz CT molecular complexity index is 1060. The molecule has 0 aromatic heterocycles. The Morgan fingerprint density at radius 1 is 1.03 bits per heavy atom. The fourth-order valence-corrected chi connectivity index (χ4v) is 4.02. The summed E-state index contributed by atoms with van der Waals surface area (Å²) in [5.74, 6) is -0.157. The number of methoxy groups -OCH3 is 1. The van der Waals surface area contributed by atoms with Gasteiger partial charge in [0.1, 0.15) is 10.6 Å². The number of hydrogen-bond donors (Lipinski definition) is 1. The molecule has 0 heterocycles. The van der Waals surface area contributed by atoms with E-state index < -0.39 is 10.1 Å². The third-order valence-electron chi connectivity index (χ3n) is 4.60. The van der Waals surface area contributed by atoms with E-state index >= 15 is 0 Å². The van der Waals surface area contributed by atoms with Gasteiger partial charge in [-0.3, -0.25) is 9.59 Å². The molecule has 0 spiro atoms. The highest BCUT2D eigenvalue weighted by molar-refractivity contribution is 7.87. The van der Waals surface area contributed by atoms with Gasteiger partial charge in [0, 0.05) is 44.8 Å². The molecule has 0 saturated carbocycles. The van der Waals surface area contributed by atoms with Gasteiger partial charge in [-0.05, 0) is 35.7 Å². The lowest BCUT2D eigenvalue weighted by Crippen LogP contribution is -2.35. The summed E-state index contributed by atoms with van der Waals surface area (Å²) in [7, 11) is -2.56. The average Bonchev–Trinajstić information content (AvgIpc) is 2.70. The maximum atomic E-state index is 12.9. The quantitative estimate of drug-likeness (QED) is 0.523. The number of carbonyl (C=O) groups excluding carboxylic acids is 2. The molecule has 2 amide bonds. The van der Waals surface area contributed by atoms with Crippen molar-refractivity contribution in [2.75, 3.05) is 25.6 Å². The third kappa shape index (κ3) is 8.51. The van der Waals surface area contributed by atoms with Crippen LogP contribution < -0.4 is 9.50 Å². The van der Waals surface area contributed by atoms with Crippen LogP contribution in [-0.4, -0.2) is 45.4 Å². The van der Waals surface area contributed by atoms with E-state index in [4.69, 9.17) is 8.92 Å². The smallest absolute Gasteiger partial charge is 0.339 e. The van der Waals surface area contributed by atoms with Gasteiger partial charge in [0.15, 0.2) is 0 Å². The lowest BCUT2D eigenvalue weighted by Gasteiger charge is -2.27. The van der Waals surface area contributed by atoms with Crippen LogP contribution in [0.25, 0.3) is 0 Å². The van der Waals surface area contributed by atoms with Crippen molar-refractivity contribution in [1.29, 1.82) is 0 Å². The molecule has 2 aromatic rings. The van der Waals surface area contributed by atoms with E-state index in [0.29, 0.717) is 30.8 Å². The molecule has 9 heteroatoms. The Kier molecular flexibility index (Phi) is 9.01. The molecule has 0 saturated heterocycles. The minimum Gasteiger partial charge on any atom is -0.383 e. The molecule has 0 bridgehead atoms. The van der Waals surface area contributed by atoms with Crippen LogP contribution in [0.3, 0.4) is 0 Å². The van der Waals surface area contributed by atoms with Gasteiger partial charge in [-0.2, -0.15) is 8.42 Å². The summed E-state index contributed by atoms with van der Waals surface area (Å²) in [4.78, 5) is 25.6. The highest BCUT2D eigenvalue weighted by Crippen LogP contribution is 2.26. The predicted molar refractivity (Wildman–Crippen MR) is 126 cm³/mol. The van der Waals surface area contributed by atoms with Crippen molar-refractivity contribution in [3.8, 4) is 5.75 Å². The van der Waals surface area contributed by atoms with Gasteiger partial charge in [-0.25, -0.2) is 0 Å². The zero-order valence-corrected chi connectivity index (χ0v) is 20.6. The van der Waals surface area contributed by atoms with Crippen LogP contribution in [0.5, 0.6) is 5.75 Å². The highest BCUT2D eigenvalue weighted by atomic mass is 32.2. The van der Waals surface area contributed by atoms with Crippen molar-refractivity contribution in [3.05, 3.63) is 54.1 Å². The van der Waals surface area contributed by atoms with Crippen molar-refractivity contribution in [2.45, 2.75) is 45.6 Å². The van der Waals surface area contributed by atoms with Crippen molar-refractivity contribution in [2.24, 2.45) is 5.41 Å². The number of nitrogens with zero attached hydrogens (tertiary/aromatic N) is 1. The minimum absolute atomic E-state index is 0.0496. The Hall–Kier alpha value is -2.91. The molecule has 0 radical (unpaired) electrons. The summed E-state index contributed by atoms with van der Waals surface area (Å²) in [6, 6.07) is 12.4. The molecule has 2 aromatic carbocycles. The summed E-state index contributed by atoms with van der Waals surface area (Å²) in [5, 5.41) is 2.58. The van der Waals surface area contributed by atoms with Crippen LogP contribution >= 0.6 is 0 Å². The first-order valence-corrected chi connectivity index (χ1v) is 12.0. The summed E-state index contributed by atoms with van der Waals surface area (Å²) in [6.45, 7) is 8.24. The van der Waals surface area contributed by atoms with E-state index in [1.165, 1.54) is 31.2 Å². The molecular formula is C24H32N2O6S. The molecule has 33 heavy (non-hydrogen) atoms. The number of para-hydroxylation sites is 1. The van der Waals surface area contributed by atoms with Crippen molar-refractivity contribution in [3.63, 3.8) is 0 Å². The van der Waals surface area contributed by atoms with Gasteiger partial charge in [0.05, 0.1) is 6.61 Å². The molecule has 0 aliphatic carbocycles. The van der Waals surface area contributed by atoms with Gasteiger partial charge in [-0.15, -0.1) is 0 Å². The monoisotopic (exact) mass is 476 g/mol. The number of anilines is 1. The predicted octanol–water partition coefficient (Wildman–Crippen LogP) is 3.82. The van der Waals surface area contributed by atoms with Crippen LogP contribution in [0.2, 0.25) is 0 Å². The summed E-state index contributed by atoms with van der Waals surface area (Å²) < 4.78 is 36.3. The average molecular weight is 477 g/mol. The Morgan fingerprint density at radius 2 is 1.67 bits per heavy atom. The third-order valence-corrected chi connectivity index (χ3v) is 5.84. The van der Waals surface area contributed by atoms with Crippen molar-refractivity contribution >= 4 is 27.6 Å². The zero-order chi connectivity index (χ0) is 24.6. The number of rotatable bonds is 10. The molecule has 0 atom stereocenters. The topological polar surface area (TPSA) is 102 Å². The molecule has 0 fully saturated rings. The first-order chi connectivity index (χ1) is 15.4. The molecule has 1 N–H and O–H groups in total. The number of carbonyl (C=O) groups is 2. The van der Waals surface area contributed by atoms with Crippen molar-refractivity contribution < 1.29 is 26.9 Å². The lowest BCUT2D eigenvalue weighted by molar-refractivity contribution is -0.134. The van der Waals surface area contributed by atoms with Crippen LogP contribution in [0.15, 0.2) is 53.4 Å². The normalized spacial score (nSPS) is 11.7. The van der Waals surface area contributed by atoms with E-state index in [1.807, 2.05) is 20.8 Å². The van der Waals surface area contributed by atoms with Gasteiger partial charge in [0.2, 0.25) is 11.8 Å². The summed E-state index contributed by atoms with van der Waals surface area (Å²) in [6.07, 6.45) is 0.346. The van der Waals surface area contributed by atoms with Gasteiger partial charge in [0.25, 0.3) is 0 Å². The fraction of sp³-hybridized carbons (Fsp3) is 0.417. The number of hydrogen-bond acceptors (Lipinski definition) is 6. The molecule has 2 rings (SSSR count).